The van der Waals surface area contributed by atoms with Crippen LogP contribution in [0.5, 0.6) is 0 Å². The number of esters is 1. The van der Waals surface area contributed by atoms with Gasteiger partial charge < -0.3 is 9.84 Å². The molecule has 5 atom stereocenters. The lowest BCUT2D eigenvalue weighted by atomic mass is 9.60. The molecule has 0 amide bonds. The van der Waals surface area contributed by atoms with Crippen LogP contribution in [0.15, 0.2) is 11.6 Å². The highest BCUT2D eigenvalue weighted by Gasteiger charge is 2.40. The molecule has 19 heavy (non-hydrogen) atoms. The molecule has 0 spiro atoms. The number of hydrogen-bond donors (Lipinski definition) is 1. The molecule has 3 nitrogen and oxygen atoms in total. The maximum Gasteiger partial charge on any atom is 0.333 e. The Hall–Kier alpha value is -0.830. The van der Waals surface area contributed by atoms with Crippen molar-refractivity contribution < 1.29 is 14.6 Å². The van der Waals surface area contributed by atoms with Gasteiger partial charge in [-0.15, -0.1) is 0 Å². The summed E-state index contributed by atoms with van der Waals surface area (Å²) in [5.41, 5.74) is 0.841. The first-order chi connectivity index (χ1) is 9.08. The Balaban J connectivity index is 2.23. The number of hydrogen-bond acceptors (Lipinski definition) is 3. The summed E-state index contributed by atoms with van der Waals surface area (Å²) < 4.78 is 4.86. The van der Waals surface area contributed by atoms with E-state index in [1.54, 1.807) is 0 Å². The van der Waals surface area contributed by atoms with Crippen molar-refractivity contribution in [1.82, 2.24) is 0 Å². The van der Waals surface area contributed by atoms with Gasteiger partial charge in [0.15, 0.2) is 0 Å². The number of allylic oxidation sites excluding steroid dienone is 1. The molecule has 0 heterocycles. The minimum Gasteiger partial charge on any atom is -0.466 e. The van der Waals surface area contributed by atoms with Gasteiger partial charge in [0.2, 0.25) is 0 Å². The minimum absolute atomic E-state index is 0.174. The van der Waals surface area contributed by atoms with Crippen molar-refractivity contribution in [3.63, 3.8) is 0 Å². The predicted octanol–water partition coefficient (Wildman–Crippen LogP) is 2.79. The molecule has 1 saturated carbocycles. The van der Waals surface area contributed by atoms with Gasteiger partial charge in [0.05, 0.1) is 7.11 Å². The van der Waals surface area contributed by atoms with Crippen LogP contribution in [-0.4, -0.2) is 24.8 Å². The molecule has 2 rings (SSSR count). The average Bonchev–Trinajstić information content (AvgIpc) is 2.45. The van der Waals surface area contributed by atoms with Crippen molar-refractivity contribution in [2.45, 2.75) is 39.5 Å². The Morgan fingerprint density at radius 3 is 2.84 bits per heavy atom. The number of carbonyl (C=O) groups excluding carboxylic acids is 1. The molecular weight excluding hydrogens is 240 g/mol. The van der Waals surface area contributed by atoms with Crippen molar-refractivity contribution in [3.8, 4) is 0 Å². The molecule has 0 aromatic carbocycles. The van der Waals surface area contributed by atoms with Gasteiger partial charge in [0.25, 0.3) is 0 Å². The van der Waals surface area contributed by atoms with Crippen LogP contribution in [0.1, 0.15) is 39.5 Å². The highest BCUT2D eigenvalue weighted by atomic mass is 16.5. The monoisotopic (exact) mass is 266 g/mol. The number of rotatable bonds is 3. The highest BCUT2D eigenvalue weighted by Crippen LogP contribution is 2.47. The minimum atomic E-state index is -0.174. The summed E-state index contributed by atoms with van der Waals surface area (Å²) >= 11 is 0. The van der Waals surface area contributed by atoms with Crippen LogP contribution in [0.3, 0.4) is 0 Å². The fourth-order valence-electron chi connectivity index (χ4n) is 4.02. The van der Waals surface area contributed by atoms with Gasteiger partial charge >= 0.3 is 5.97 Å². The molecule has 0 radical (unpaired) electrons. The van der Waals surface area contributed by atoms with Crippen LogP contribution in [0, 0.1) is 29.6 Å². The maximum atomic E-state index is 11.7. The van der Waals surface area contributed by atoms with E-state index < -0.39 is 0 Å². The molecule has 0 aliphatic heterocycles. The van der Waals surface area contributed by atoms with Crippen LogP contribution >= 0.6 is 0 Å². The summed E-state index contributed by atoms with van der Waals surface area (Å²) in [7, 11) is 1.45. The summed E-state index contributed by atoms with van der Waals surface area (Å²) in [5.74, 6) is 2.48. The molecule has 0 unspecified atom stereocenters. The molecule has 0 aromatic heterocycles. The summed E-state index contributed by atoms with van der Waals surface area (Å²) in [6, 6.07) is 0. The van der Waals surface area contributed by atoms with E-state index in [-0.39, 0.29) is 12.6 Å². The molecule has 3 heteroatoms. The summed E-state index contributed by atoms with van der Waals surface area (Å²) in [4.78, 5) is 11.7. The van der Waals surface area contributed by atoms with Gasteiger partial charge in [-0.05, 0) is 48.9 Å². The van der Waals surface area contributed by atoms with Crippen LogP contribution in [0.2, 0.25) is 0 Å². The smallest absolute Gasteiger partial charge is 0.333 e. The Labute approximate surface area is 116 Å². The van der Waals surface area contributed by atoms with Gasteiger partial charge in [0, 0.05) is 12.2 Å². The predicted molar refractivity (Wildman–Crippen MR) is 74.5 cm³/mol. The third-order valence-electron chi connectivity index (χ3n) is 5.28. The van der Waals surface area contributed by atoms with Crippen molar-refractivity contribution in [2.24, 2.45) is 29.6 Å². The van der Waals surface area contributed by atoms with E-state index in [9.17, 15) is 9.90 Å². The molecule has 2 aliphatic rings. The maximum absolute atomic E-state index is 11.7. The van der Waals surface area contributed by atoms with E-state index in [1.165, 1.54) is 13.5 Å². The van der Waals surface area contributed by atoms with E-state index in [1.807, 2.05) is 0 Å². The van der Waals surface area contributed by atoms with Crippen LogP contribution < -0.4 is 0 Å². The number of fused-ring (bicyclic) bond motifs is 1. The van der Waals surface area contributed by atoms with Gasteiger partial charge in [0.1, 0.15) is 0 Å². The first kappa shape index (κ1) is 14.6. The molecule has 1 fully saturated rings. The van der Waals surface area contributed by atoms with Crippen LogP contribution in [0.25, 0.3) is 0 Å². The number of methoxy groups -OCH3 is 1. The summed E-state index contributed by atoms with van der Waals surface area (Å²) in [6.45, 7) is 4.69. The SMILES string of the molecule is COC(=O)C1=C[C@H]2[C@H](CC1)[C@H](C)CC[C@@H]2[C@@H](C)CO. The summed E-state index contributed by atoms with van der Waals surface area (Å²) in [6.07, 6.45) is 6.50. The Bertz CT molecular complexity index is 361. The fourth-order valence-corrected chi connectivity index (χ4v) is 4.02. The molecule has 0 aromatic rings. The standard InChI is InChI=1S/C16H26O3/c1-10-4-6-14(11(2)9-17)15-8-12(16(18)19-3)5-7-13(10)15/h8,10-11,13-15,17H,4-7,9H2,1-3H3/t10-,11+,13-,14-,15+/m1/s1. The number of aliphatic hydroxyl groups is 1. The van der Waals surface area contributed by atoms with Crippen LogP contribution in [0.4, 0.5) is 0 Å². The van der Waals surface area contributed by atoms with Crippen molar-refractivity contribution in [3.05, 3.63) is 11.6 Å². The lowest BCUT2D eigenvalue weighted by molar-refractivity contribution is -0.136. The molecule has 2 aliphatic carbocycles. The number of aliphatic hydroxyl groups excluding tert-OH is 1. The zero-order chi connectivity index (χ0) is 14.0. The zero-order valence-corrected chi connectivity index (χ0v) is 12.3. The van der Waals surface area contributed by atoms with E-state index >= 15 is 0 Å². The van der Waals surface area contributed by atoms with Gasteiger partial charge in [-0.1, -0.05) is 26.3 Å². The Morgan fingerprint density at radius 2 is 2.21 bits per heavy atom. The molecule has 0 bridgehead atoms. The average molecular weight is 266 g/mol. The second-order valence-electron chi connectivity index (χ2n) is 6.34. The first-order valence-electron chi connectivity index (χ1n) is 7.48. The van der Waals surface area contributed by atoms with Crippen LogP contribution in [-0.2, 0) is 9.53 Å². The van der Waals surface area contributed by atoms with Crippen molar-refractivity contribution >= 4 is 5.97 Å². The zero-order valence-electron chi connectivity index (χ0n) is 12.3. The topological polar surface area (TPSA) is 46.5 Å². The first-order valence-corrected chi connectivity index (χ1v) is 7.48. The van der Waals surface area contributed by atoms with E-state index in [2.05, 4.69) is 19.9 Å². The van der Waals surface area contributed by atoms with E-state index in [0.29, 0.717) is 23.7 Å². The van der Waals surface area contributed by atoms with Gasteiger partial charge in [-0.2, -0.15) is 0 Å². The molecule has 0 saturated heterocycles. The Kier molecular flexibility index (Phi) is 4.67. The number of carbonyl (C=O) groups is 1. The van der Waals surface area contributed by atoms with E-state index in [4.69, 9.17) is 4.74 Å². The highest BCUT2D eigenvalue weighted by molar-refractivity contribution is 5.88. The number of ether oxygens (including phenoxy) is 1. The van der Waals surface area contributed by atoms with Gasteiger partial charge in [-0.3, -0.25) is 0 Å². The molecular formula is C16H26O3. The largest absolute Gasteiger partial charge is 0.466 e. The Morgan fingerprint density at radius 1 is 1.47 bits per heavy atom. The van der Waals surface area contributed by atoms with Gasteiger partial charge in [-0.25, -0.2) is 4.79 Å². The third kappa shape index (κ3) is 2.86. The normalized spacial score (nSPS) is 36.1. The third-order valence-corrected chi connectivity index (χ3v) is 5.28. The second-order valence-corrected chi connectivity index (χ2v) is 6.34. The van der Waals surface area contributed by atoms with Crippen molar-refractivity contribution in [1.29, 1.82) is 0 Å². The lowest BCUT2D eigenvalue weighted by Gasteiger charge is -2.45. The quantitative estimate of drug-likeness (QED) is 0.799. The lowest BCUT2D eigenvalue weighted by Crippen LogP contribution is -2.39. The summed E-state index contributed by atoms with van der Waals surface area (Å²) in [5, 5.41) is 9.45. The molecule has 1 N–H and O–H groups in total. The van der Waals surface area contributed by atoms with Crippen molar-refractivity contribution in [2.75, 3.05) is 13.7 Å². The molecule has 108 valence electrons. The van der Waals surface area contributed by atoms with E-state index in [0.717, 1.165) is 30.8 Å². The fraction of sp³-hybridized carbons (Fsp3) is 0.812. The second kappa shape index (κ2) is 6.08.